The fourth-order valence-electron chi connectivity index (χ4n) is 13.9. The summed E-state index contributed by atoms with van der Waals surface area (Å²) < 4.78 is 51.3. The van der Waals surface area contributed by atoms with Gasteiger partial charge in [-0.05, 0) is 95.6 Å². The number of hydrogen-bond acceptors (Lipinski definition) is 15. The summed E-state index contributed by atoms with van der Waals surface area (Å²) >= 11 is 0. The minimum Gasteiger partial charge on any atom is -0.497 e. The summed E-state index contributed by atoms with van der Waals surface area (Å²) in [6, 6.07) is 73.8. The monoisotopic (exact) mass is 1240 g/mol. The molecule has 3 heterocycles. The summed E-state index contributed by atoms with van der Waals surface area (Å²) in [4.78, 5) is 56.8. The number of aromatic nitrogens is 4. The molecule has 17 nitrogen and oxygen atoms in total. The number of imidazole rings is 1. The highest BCUT2D eigenvalue weighted by atomic mass is 16.7. The molecule has 15 rings (SSSR count). The van der Waals surface area contributed by atoms with Crippen molar-refractivity contribution in [2.45, 2.75) is 47.7 Å². The number of methoxy groups -OCH3 is 1. The maximum atomic E-state index is 14.6. The third-order valence-corrected chi connectivity index (χ3v) is 18.3. The number of rotatable bonds is 17. The molecule has 2 aromatic heterocycles. The normalized spacial score (nSPS) is 17.1. The summed E-state index contributed by atoms with van der Waals surface area (Å²) in [5, 5.41) is 15.6. The van der Waals surface area contributed by atoms with Crippen LogP contribution < -0.4 is 14.8 Å². The standard InChI is InChI=1S/C76H61N5O12/c1-86-49-38-36-48(37-39-49)76(46-20-4-2-5-21-46,47-22-6-3-7-23-47)91-44-66-68(82)69(92-74(84)89-41-63-58-32-16-10-26-52(58)53-27-11-17-33-59(53)63)65(43-87-66)81-45-77-67-70(81)78-72(80-73(83)88-40-62-56-30-14-8-24-50(56)51-25-9-15-31-57(51)62)79-71(67)93-75(85)90-42-64-60-34-18-12-28-54(60)55-29-13-19-35-61(55)64/h2-39,45,62-66,68-69,82H,40-44H2,1H3,(H,78,79,80,83)/t65?,66?,68?,69-/m1/s1. The lowest BCUT2D eigenvalue weighted by atomic mass is 9.80. The Bertz CT molecular complexity index is 4430. The summed E-state index contributed by atoms with van der Waals surface area (Å²) in [5.41, 5.74) is 13.3. The lowest BCUT2D eigenvalue weighted by molar-refractivity contribution is -0.189. The number of carbonyl (C=O) groups excluding carboxylic acids is 3. The lowest BCUT2D eigenvalue weighted by Gasteiger charge is -2.42. The molecule has 93 heavy (non-hydrogen) atoms. The van der Waals surface area contributed by atoms with E-state index in [0.29, 0.717) is 5.75 Å². The number of ether oxygens (including phenoxy) is 8. The summed E-state index contributed by atoms with van der Waals surface area (Å²) in [6.07, 6.45) is -5.90. The van der Waals surface area contributed by atoms with Gasteiger partial charge in [0, 0.05) is 17.8 Å². The predicted molar refractivity (Wildman–Crippen MR) is 346 cm³/mol. The Kier molecular flexibility index (Phi) is 15.7. The molecule has 3 unspecified atom stereocenters. The van der Waals surface area contributed by atoms with Crippen LogP contribution >= 0.6 is 0 Å². The van der Waals surface area contributed by atoms with Crippen LogP contribution in [0.5, 0.6) is 11.6 Å². The number of anilines is 1. The van der Waals surface area contributed by atoms with Crippen molar-refractivity contribution in [2.24, 2.45) is 0 Å². The number of aliphatic hydroxyl groups is 1. The van der Waals surface area contributed by atoms with Gasteiger partial charge in [-0.15, -0.1) is 0 Å². The van der Waals surface area contributed by atoms with Gasteiger partial charge in [-0.3, -0.25) is 5.32 Å². The Labute approximate surface area is 535 Å². The van der Waals surface area contributed by atoms with Crippen LogP contribution in [0, 0.1) is 0 Å². The molecule has 0 radical (unpaired) electrons. The van der Waals surface area contributed by atoms with Crippen molar-refractivity contribution in [2.75, 3.05) is 45.5 Å². The molecule has 17 heteroatoms. The third kappa shape index (κ3) is 10.8. The topological polar surface area (TPSA) is 201 Å². The molecule has 11 aromatic rings. The van der Waals surface area contributed by atoms with Crippen LogP contribution in [-0.2, 0) is 34.0 Å². The maximum Gasteiger partial charge on any atom is 0.515 e. The second-order valence-corrected chi connectivity index (χ2v) is 23.3. The van der Waals surface area contributed by atoms with Crippen molar-refractivity contribution >= 4 is 35.5 Å². The van der Waals surface area contributed by atoms with Gasteiger partial charge in [-0.2, -0.15) is 9.97 Å². The number of hydrogen-bond donors (Lipinski definition) is 2. The largest absolute Gasteiger partial charge is 0.515 e. The zero-order valence-corrected chi connectivity index (χ0v) is 50.3. The van der Waals surface area contributed by atoms with Crippen LogP contribution in [0.25, 0.3) is 44.5 Å². The van der Waals surface area contributed by atoms with Crippen molar-refractivity contribution in [1.82, 2.24) is 19.5 Å². The van der Waals surface area contributed by atoms with Gasteiger partial charge < -0.3 is 47.6 Å². The SMILES string of the molecule is COc1ccc(C(OCC2OCC(n3cnc4c(OC(=O)OCC5c6ccccc6-c6ccccc65)nc(NC(=O)OCC5c6ccccc6-c6ccccc65)nc43)[C@@H](OC(=O)OCC3c4ccccc4-c4ccccc43)C2O)(c2ccccc2)c2ccccc2)cc1. The van der Waals surface area contributed by atoms with E-state index in [0.717, 1.165) is 83.5 Å². The lowest BCUT2D eigenvalue weighted by Crippen LogP contribution is -2.54. The fraction of sp³-hybridized carbons (Fsp3) is 0.184. The first-order chi connectivity index (χ1) is 45.7. The molecule has 3 aliphatic carbocycles. The third-order valence-electron chi connectivity index (χ3n) is 18.3. The van der Waals surface area contributed by atoms with E-state index in [1.54, 1.807) is 7.11 Å². The Morgan fingerprint density at radius 2 is 0.957 bits per heavy atom. The van der Waals surface area contributed by atoms with Crippen LogP contribution in [0.1, 0.15) is 73.9 Å². The number of fused-ring (bicyclic) bond motifs is 10. The number of aliphatic hydroxyl groups excluding tert-OH is 1. The molecule has 1 aliphatic heterocycles. The highest BCUT2D eigenvalue weighted by Gasteiger charge is 2.47. The van der Waals surface area contributed by atoms with Gasteiger partial charge >= 0.3 is 18.4 Å². The molecular formula is C76H61N5O12. The van der Waals surface area contributed by atoms with Crippen LogP contribution in [0.4, 0.5) is 20.3 Å². The number of nitrogens with zero attached hydrogens (tertiary/aromatic N) is 4. The van der Waals surface area contributed by atoms with Crippen molar-refractivity contribution < 1.29 is 57.4 Å². The summed E-state index contributed by atoms with van der Waals surface area (Å²) in [7, 11) is 1.60. The minimum atomic E-state index is -1.61. The van der Waals surface area contributed by atoms with E-state index in [9.17, 15) is 19.5 Å². The van der Waals surface area contributed by atoms with E-state index in [1.165, 1.54) is 10.9 Å². The van der Waals surface area contributed by atoms with E-state index in [1.807, 2.05) is 231 Å². The molecule has 9 aromatic carbocycles. The fourth-order valence-corrected chi connectivity index (χ4v) is 13.9. The smallest absolute Gasteiger partial charge is 0.497 e. The molecule has 2 N–H and O–H groups in total. The van der Waals surface area contributed by atoms with Crippen molar-refractivity contribution in [3.8, 4) is 45.0 Å². The van der Waals surface area contributed by atoms with Crippen LogP contribution in [0.3, 0.4) is 0 Å². The van der Waals surface area contributed by atoms with Crippen LogP contribution in [-0.4, -0.2) is 101 Å². The molecule has 1 saturated heterocycles. The van der Waals surface area contributed by atoms with Gasteiger partial charge in [0.15, 0.2) is 17.3 Å². The van der Waals surface area contributed by atoms with E-state index >= 15 is 0 Å². The Morgan fingerprint density at radius 1 is 0.527 bits per heavy atom. The quantitative estimate of drug-likeness (QED) is 0.0495. The zero-order chi connectivity index (χ0) is 63.0. The molecule has 4 atom stereocenters. The van der Waals surface area contributed by atoms with Crippen molar-refractivity contribution in [3.63, 3.8) is 0 Å². The summed E-state index contributed by atoms with van der Waals surface area (Å²) in [6.45, 7) is -0.642. The number of nitrogens with one attached hydrogen (secondary N) is 1. The molecule has 462 valence electrons. The first kappa shape index (κ1) is 58.4. The van der Waals surface area contributed by atoms with E-state index in [4.69, 9.17) is 42.9 Å². The van der Waals surface area contributed by atoms with Crippen LogP contribution in [0.2, 0.25) is 0 Å². The van der Waals surface area contributed by atoms with Gasteiger partial charge in [-0.1, -0.05) is 218 Å². The maximum absolute atomic E-state index is 14.6. The molecule has 1 fully saturated rings. The number of carbonyl (C=O) groups is 3. The first-order valence-corrected chi connectivity index (χ1v) is 30.8. The zero-order valence-electron chi connectivity index (χ0n) is 50.3. The number of benzene rings is 9. The average Bonchev–Trinajstić information content (AvgIpc) is 1.60. The molecular weight excluding hydrogens is 1170 g/mol. The Balaban J connectivity index is 0.764. The second kappa shape index (κ2) is 25.0. The minimum absolute atomic E-state index is 0.0105. The molecule has 4 aliphatic rings. The van der Waals surface area contributed by atoms with Gasteiger partial charge in [-0.25, -0.2) is 19.4 Å². The second-order valence-electron chi connectivity index (χ2n) is 23.3. The van der Waals surface area contributed by atoms with Gasteiger partial charge in [0.05, 0.1) is 32.7 Å². The van der Waals surface area contributed by atoms with E-state index in [2.05, 4.69) is 15.3 Å². The van der Waals surface area contributed by atoms with Crippen molar-refractivity contribution in [3.05, 3.63) is 287 Å². The van der Waals surface area contributed by atoms with Crippen molar-refractivity contribution in [1.29, 1.82) is 0 Å². The predicted octanol–water partition coefficient (Wildman–Crippen LogP) is 14.2. The van der Waals surface area contributed by atoms with Gasteiger partial charge in [0.25, 0.3) is 5.88 Å². The highest BCUT2D eigenvalue weighted by molar-refractivity contribution is 5.87. The Hall–Kier alpha value is -11.0. The van der Waals surface area contributed by atoms with Crippen LogP contribution in [0.15, 0.2) is 237 Å². The molecule has 0 bridgehead atoms. The van der Waals surface area contributed by atoms with Gasteiger partial charge in [0.1, 0.15) is 43.4 Å². The molecule has 0 saturated carbocycles. The molecule has 1 amide bonds. The molecule has 0 spiro atoms. The van der Waals surface area contributed by atoms with E-state index < -0.39 is 48.4 Å². The van der Waals surface area contributed by atoms with Gasteiger partial charge in [0.2, 0.25) is 5.95 Å². The number of amides is 1. The summed E-state index contributed by atoms with van der Waals surface area (Å²) in [5.74, 6) is -0.938. The first-order valence-electron chi connectivity index (χ1n) is 30.8. The average molecular weight is 1240 g/mol. The van der Waals surface area contributed by atoms with E-state index in [-0.39, 0.29) is 73.8 Å². The highest BCUT2D eigenvalue weighted by Crippen LogP contribution is 2.48. The Morgan fingerprint density at radius 3 is 1.43 bits per heavy atom.